The third-order valence-electron chi connectivity index (χ3n) is 4.08. The number of allylic oxidation sites excluding steroid dienone is 1. The molecule has 0 unspecified atom stereocenters. The van der Waals surface area contributed by atoms with Crippen molar-refractivity contribution in [2.75, 3.05) is 13.2 Å². The molecule has 0 bridgehead atoms. The maximum Gasteiger partial charge on any atom is 0.184 e. The van der Waals surface area contributed by atoms with Gasteiger partial charge in [0.2, 0.25) is 0 Å². The largest absolute Gasteiger partial charge is 0.346 e. The van der Waals surface area contributed by atoms with E-state index in [0.717, 1.165) is 40.1 Å². The number of rotatable bonds is 5. The number of benzene rings is 2. The van der Waals surface area contributed by atoms with Gasteiger partial charge >= 0.3 is 0 Å². The molecule has 0 atom stereocenters. The summed E-state index contributed by atoms with van der Waals surface area (Å²) in [5.41, 5.74) is 6.39. The minimum absolute atomic E-state index is 0.238. The van der Waals surface area contributed by atoms with Gasteiger partial charge < -0.3 is 9.47 Å². The molecule has 3 heteroatoms. The fourth-order valence-electron chi connectivity index (χ4n) is 2.85. The fraction of sp³-hybridized carbons (Fsp3) is 0.286. The monoisotopic (exact) mass is 321 g/mol. The average molecular weight is 321 g/mol. The van der Waals surface area contributed by atoms with Crippen LogP contribution >= 0.6 is 0 Å². The molecular weight excluding hydrogens is 298 g/mol. The normalized spacial score (nSPS) is 15.7. The van der Waals surface area contributed by atoms with Crippen molar-refractivity contribution in [2.45, 2.75) is 26.6 Å². The van der Waals surface area contributed by atoms with E-state index in [1.165, 1.54) is 0 Å². The molecule has 0 amide bonds. The van der Waals surface area contributed by atoms with Gasteiger partial charge in [-0.2, -0.15) is 0 Å². The van der Waals surface area contributed by atoms with Crippen LogP contribution in [0.15, 0.2) is 60.1 Å². The number of ether oxygens (including phenoxy) is 2. The Morgan fingerprint density at radius 1 is 1.04 bits per heavy atom. The van der Waals surface area contributed by atoms with Gasteiger partial charge in [0.25, 0.3) is 0 Å². The van der Waals surface area contributed by atoms with Crippen LogP contribution in [0.5, 0.6) is 0 Å². The zero-order chi connectivity index (χ0) is 16.9. The van der Waals surface area contributed by atoms with Crippen molar-refractivity contribution in [1.29, 1.82) is 0 Å². The topological polar surface area (TPSA) is 30.8 Å². The summed E-state index contributed by atoms with van der Waals surface area (Å²) in [6, 6.07) is 16.4. The van der Waals surface area contributed by atoms with Crippen LogP contribution in [0.4, 0.5) is 5.69 Å². The third-order valence-corrected chi connectivity index (χ3v) is 4.08. The van der Waals surface area contributed by atoms with Gasteiger partial charge in [-0.05, 0) is 31.0 Å². The Hall–Kier alpha value is -2.23. The predicted octanol–water partition coefficient (Wildman–Crippen LogP) is 5.30. The minimum Gasteiger partial charge on any atom is -0.346 e. The first kappa shape index (κ1) is 16.6. The van der Waals surface area contributed by atoms with Crippen LogP contribution in [0.1, 0.15) is 43.2 Å². The van der Waals surface area contributed by atoms with Gasteiger partial charge in [-0.25, -0.2) is 0 Å². The molecule has 3 rings (SSSR count). The number of nitrogens with zero attached hydrogens (tertiary/aromatic N) is 1. The number of aliphatic imine (C=N–C) groups is 1. The summed E-state index contributed by atoms with van der Waals surface area (Å²) in [5, 5.41) is 0. The molecule has 2 aromatic rings. The molecule has 0 aromatic heterocycles. The van der Waals surface area contributed by atoms with E-state index in [4.69, 9.17) is 14.5 Å². The fourth-order valence-corrected chi connectivity index (χ4v) is 2.85. The summed E-state index contributed by atoms with van der Waals surface area (Å²) in [7, 11) is 0. The Morgan fingerprint density at radius 3 is 2.25 bits per heavy atom. The molecule has 0 saturated carbocycles. The zero-order valence-corrected chi connectivity index (χ0v) is 14.3. The second-order valence-corrected chi connectivity index (χ2v) is 5.90. The molecule has 0 spiro atoms. The highest BCUT2D eigenvalue weighted by atomic mass is 16.7. The maximum atomic E-state index is 5.52. The Labute approximate surface area is 143 Å². The maximum absolute atomic E-state index is 5.52. The highest BCUT2D eigenvalue weighted by Crippen LogP contribution is 2.26. The van der Waals surface area contributed by atoms with Crippen LogP contribution in [0.25, 0.3) is 5.57 Å². The molecule has 24 heavy (non-hydrogen) atoms. The van der Waals surface area contributed by atoms with Gasteiger partial charge in [0, 0.05) is 16.8 Å². The van der Waals surface area contributed by atoms with Crippen LogP contribution in [0.3, 0.4) is 0 Å². The van der Waals surface area contributed by atoms with Crippen molar-refractivity contribution in [3.63, 3.8) is 0 Å². The van der Waals surface area contributed by atoms with E-state index in [1.807, 2.05) is 43.3 Å². The van der Waals surface area contributed by atoms with E-state index < -0.39 is 0 Å². The van der Waals surface area contributed by atoms with Crippen LogP contribution in [0, 0.1) is 0 Å². The Morgan fingerprint density at radius 2 is 1.67 bits per heavy atom. The lowest BCUT2D eigenvalue weighted by atomic mass is 9.97. The van der Waals surface area contributed by atoms with Gasteiger partial charge in [-0.15, -0.1) is 0 Å². The summed E-state index contributed by atoms with van der Waals surface area (Å²) < 4.78 is 11.0. The van der Waals surface area contributed by atoms with Gasteiger partial charge in [0.15, 0.2) is 6.29 Å². The van der Waals surface area contributed by atoms with Gasteiger partial charge in [-0.3, -0.25) is 4.99 Å². The number of hydrogen-bond acceptors (Lipinski definition) is 3. The van der Waals surface area contributed by atoms with Gasteiger partial charge in [0.1, 0.15) is 0 Å². The lowest BCUT2D eigenvalue weighted by Crippen LogP contribution is -2.02. The average Bonchev–Trinajstić information content (AvgIpc) is 3.15. The first-order valence-corrected chi connectivity index (χ1v) is 8.35. The summed E-state index contributed by atoms with van der Waals surface area (Å²) >= 11 is 0. The van der Waals surface area contributed by atoms with Crippen molar-refractivity contribution in [2.24, 2.45) is 4.99 Å². The second kappa shape index (κ2) is 7.56. The van der Waals surface area contributed by atoms with Crippen molar-refractivity contribution in [1.82, 2.24) is 0 Å². The smallest absolute Gasteiger partial charge is 0.184 e. The van der Waals surface area contributed by atoms with Gasteiger partial charge in [0.05, 0.1) is 18.9 Å². The van der Waals surface area contributed by atoms with Crippen LogP contribution < -0.4 is 0 Å². The van der Waals surface area contributed by atoms with E-state index in [-0.39, 0.29) is 6.29 Å². The second-order valence-electron chi connectivity index (χ2n) is 5.90. The van der Waals surface area contributed by atoms with E-state index in [9.17, 15) is 0 Å². The molecule has 1 aliphatic heterocycles. The van der Waals surface area contributed by atoms with Crippen LogP contribution in [-0.4, -0.2) is 18.9 Å². The van der Waals surface area contributed by atoms with Crippen molar-refractivity contribution in [3.05, 3.63) is 71.8 Å². The van der Waals surface area contributed by atoms with E-state index in [0.29, 0.717) is 13.2 Å². The molecular formula is C21H23NO2. The lowest BCUT2D eigenvalue weighted by molar-refractivity contribution is -0.0441. The van der Waals surface area contributed by atoms with E-state index in [2.05, 4.69) is 25.6 Å². The summed E-state index contributed by atoms with van der Waals surface area (Å²) in [4.78, 5) is 4.85. The van der Waals surface area contributed by atoms with E-state index >= 15 is 0 Å². The van der Waals surface area contributed by atoms with Crippen molar-refractivity contribution >= 4 is 17.0 Å². The molecule has 0 radical (unpaired) electrons. The van der Waals surface area contributed by atoms with Crippen LogP contribution in [0.2, 0.25) is 0 Å². The SMILES string of the molecule is C=C(C)c1ccccc1C(CC)=Nc1ccc(C2OCCO2)cc1. The zero-order valence-electron chi connectivity index (χ0n) is 14.3. The Bertz CT molecular complexity index is 741. The highest BCUT2D eigenvalue weighted by molar-refractivity contribution is 6.05. The molecule has 2 aromatic carbocycles. The van der Waals surface area contributed by atoms with Crippen molar-refractivity contribution in [3.8, 4) is 0 Å². The third kappa shape index (κ3) is 3.64. The van der Waals surface area contributed by atoms with Crippen LogP contribution in [-0.2, 0) is 9.47 Å². The molecule has 1 aliphatic rings. The Balaban J connectivity index is 1.89. The molecule has 1 fully saturated rings. The first-order valence-electron chi connectivity index (χ1n) is 8.35. The molecule has 0 aliphatic carbocycles. The summed E-state index contributed by atoms with van der Waals surface area (Å²) in [6.45, 7) is 9.55. The predicted molar refractivity (Wildman–Crippen MR) is 98.7 cm³/mol. The molecule has 3 nitrogen and oxygen atoms in total. The minimum atomic E-state index is -0.238. The standard InChI is InChI=1S/C21H23NO2/c1-4-20(19-8-6-5-7-18(19)15(2)3)22-17-11-9-16(10-12-17)21-23-13-14-24-21/h5-12,21H,2,4,13-14H2,1,3H3. The summed E-state index contributed by atoms with van der Waals surface area (Å²) in [5.74, 6) is 0. The number of hydrogen-bond donors (Lipinski definition) is 0. The first-order chi connectivity index (χ1) is 11.7. The van der Waals surface area contributed by atoms with Gasteiger partial charge in [-0.1, -0.05) is 55.5 Å². The summed E-state index contributed by atoms with van der Waals surface area (Å²) in [6.07, 6.45) is 0.624. The quantitative estimate of drug-likeness (QED) is 0.700. The molecule has 0 N–H and O–H groups in total. The van der Waals surface area contributed by atoms with Crippen molar-refractivity contribution < 1.29 is 9.47 Å². The molecule has 1 saturated heterocycles. The lowest BCUT2D eigenvalue weighted by Gasteiger charge is -2.12. The Kier molecular flexibility index (Phi) is 5.24. The molecule has 124 valence electrons. The van der Waals surface area contributed by atoms with E-state index in [1.54, 1.807) is 0 Å². The molecule has 1 heterocycles. The highest BCUT2D eigenvalue weighted by Gasteiger charge is 2.17.